The maximum Gasteiger partial charge on any atom is 0.0623 e. The van der Waals surface area contributed by atoms with Crippen LogP contribution in [0.25, 0.3) is 0 Å². The average Bonchev–Trinajstić information content (AvgIpc) is 2.40. The first kappa shape index (κ1) is 16.2. The van der Waals surface area contributed by atoms with Gasteiger partial charge in [-0.3, -0.25) is 0 Å². The molecule has 108 valence electrons. The summed E-state index contributed by atoms with van der Waals surface area (Å²) in [6, 6.07) is 9.29. The van der Waals surface area contributed by atoms with Gasteiger partial charge in [0.2, 0.25) is 0 Å². The Morgan fingerprint density at radius 3 is 2.37 bits per heavy atom. The monoisotopic (exact) mass is 263 g/mol. The van der Waals surface area contributed by atoms with Gasteiger partial charge in [-0.05, 0) is 52.1 Å². The van der Waals surface area contributed by atoms with Crippen molar-refractivity contribution in [2.24, 2.45) is 0 Å². The van der Waals surface area contributed by atoms with Crippen molar-refractivity contribution in [1.29, 1.82) is 0 Å². The zero-order valence-electron chi connectivity index (χ0n) is 13.1. The van der Waals surface area contributed by atoms with Gasteiger partial charge in [0.1, 0.15) is 0 Å². The molecule has 2 heteroatoms. The molecule has 0 aliphatic heterocycles. The van der Waals surface area contributed by atoms with Gasteiger partial charge in [0.25, 0.3) is 0 Å². The molecule has 19 heavy (non-hydrogen) atoms. The Labute approximate surface area is 118 Å². The Hall–Kier alpha value is -0.860. The average molecular weight is 263 g/mol. The van der Waals surface area contributed by atoms with E-state index in [0.29, 0.717) is 6.04 Å². The molecule has 0 saturated carbocycles. The van der Waals surface area contributed by atoms with Crippen LogP contribution >= 0.6 is 0 Å². The lowest BCUT2D eigenvalue weighted by Gasteiger charge is -2.27. The van der Waals surface area contributed by atoms with Gasteiger partial charge in [-0.15, -0.1) is 0 Å². The van der Waals surface area contributed by atoms with Crippen LogP contribution in [0.5, 0.6) is 0 Å². The van der Waals surface area contributed by atoms with Crippen molar-refractivity contribution >= 4 is 0 Å². The number of hydrogen-bond donors (Lipinski definition) is 1. The minimum absolute atomic E-state index is 0.0448. The molecule has 0 bridgehead atoms. The Morgan fingerprint density at radius 2 is 1.84 bits per heavy atom. The van der Waals surface area contributed by atoms with E-state index in [1.54, 1.807) is 7.11 Å². The van der Waals surface area contributed by atoms with E-state index >= 15 is 0 Å². The van der Waals surface area contributed by atoms with Crippen molar-refractivity contribution in [2.45, 2.75) is 58.6 Å². The van der Waals surface area contributed by atoms with Gasteiger partial charge >= 0.3 is 0 Å². The van der Waals surface area contributed by atoms with Crippen molar-refractivity contribution < 1.29 is 4.74 Å². The van der Waals surface area contributed by atoms with Crippen LogP contribution in [0, 0.1) is 6.92 Å². The summed E-state index contributed by atoms with van der Waals surface area (Å²) in [5, 5.41) is 3.65. The molecule has 0 saturated heterocycles. The molecule has 0 fully saturated rings. The third-order valence-electron chi connectivity index (χ3n) is 3.71. The second-order valence-corrected chi connectivity index (χ2v) is 5.92. The summed E-state index contributed by atoms with van der Waals surface area (Å²) in [7, 11) is 1.79. The maximum absolute atomic E-state index is 5.52. The van der Waals surface area contributed by atoms with Gasteiger partial charge in [0.05, 0.1) is 5.60 Å². The lowest BCUT2D eigenvalue weighted by molar-refractivity contribution is 0.0117. The fourth-order valence-corrected chi connectivity index (χ4v) is 2.10. The third-order valence-corrected chi connectivity index (χ3v) is 3.71. The van der Waals surface area contributed by atoms with Crippen LogP contribution in [0.1, 0.15) is 57.2 Å². The minimum atomic E-state index is -0.0448. The predicted molar refractivity (Wildman–Crippen MR) is 82.5 cm³/mol. The molecule has 2 nitrogen and oxygen atoms in total. The highest BCUT2D eigenvalue weighted by molar-refractivity contribution is 5.24. The first-order valence-electron chi connectivity index (χ1n) is 7.33. The summed E-state index contributed by atoms with van der Waals surface area (Å²) in [5.41, 5.74) is 2.65. The highest BCUT2D eigenvalue weighted by Crippen LogP contribution is 2.24. The molecule has 1 aromatic carbocycles. The summed E-state index contributed by atoms with van der Waals surface area (Å²) in [5.74, 6) is 0. The second kappa shape index (κ2) is 7.66. The number of rotatable bonds is 8. The smallest absolute Gasteiger partial charge is 0.0623 e. The van der Waals surface area contributed by atoms with Gasteiger partial charge in [-0.2, -0.15) is 0 Å². The zero-order chi connectivity index (χ0) is 14.3. The van der Waals surface area contributed by atoms with Crippen molar-refractivity contribution in [3.05, 3.63) is 35.4 Å². The lowest BCUT2D eigenvalue weighted by Crippen LogP contribution is -2.27. The summed E-state index contributed by atoms with van der Waals surface area (Å²) < 4.78 is 5.52. The standard InChI is InChI=1S/C17H29NO/c1-6-13-18-16(11-12-17(3,4)19-5)15-9-7-14(2)8-10-15/h7-10,16,18H,6,11-13H2,1-5H3. The predicted octanol–water partition coefficient (Wildman–Crippen LogP) is 4.24. The van der Waals surface area contributed by atoms with E-state index in [9.17, 15) is 0 Å². The first-order chi connectivity index (χ1) is 8.98. The summed E-state index contributed by atoms with van der Waals surface area (Å²) in [4.78, 5) is 0. The SMILES string of the molecule is CCCNC(CCC(C)(C)OC)c1ccc(C)cc1. The zero-order valence-corrected chi connectivity index (χ0v) is 13.1. The number of ether oxygens (including phenoxy) is 1. The molecule has 1 N–H and O–H groups in total. The molecule has 0 spiro atoms. The van der Waals surface area contributed by atoms with Gasteiger partial charge in [0.15, 0.2) is 0 Å². The van der Waals surface area contributed by atoms with Gasteiger partial charge in [-0.25, -0.2) is 0 Å². The molecular formula is C17H29NO. The first-order valence-corrected chi connectivity index (χ1v) is 7.33. The van der Waals surface area contributed by atoms with E-state index in [-0.39, 0.29) is 5.60 Å². The third kappa shape index (κ3) is 5.75. The molecule has 0 aliphatic carbocycles. The molecule has 0 radical (unpaired) electrons. The van der Waals surface area contributed by atoms with Gasteiger partial charge < -0.3 is 10.1 Å². The van der Waals surface area contributed by atoms with Crippen LogP contribution in [0.2, 0.25) is 0 Å². The van der Waals surface area contributed by atoms with Gasteiger partial charge in [-0.1, -0.05) is 36.8 Å². The number of methoxy groups -OCH3 is 1. The quantitative estimate of drug-likeness (QED) is 0.757. The van der Waals surface area contributed by atoms with Gasteiger partial charge in [0, 0.05) is 13.2 Å². The second-order valence-electron chi connectivity index (χ2n) is 5.92. The number of benzene rings is 1. The Bertz CT molecular complexity index is 356. The molecule has 0 aromatic heterocycles. The number of hydrogen-bond acceptors (Lipinski definition) is 2. The molecule has 1 rings (SSSR count). The Balaban J connectivity index is 2.68. The van der Waals surface area contributed by atoms with Crippen LogP contribution in [-0.4, -0.2) is 19.3 Å². The molecule has 1 atom stereocenters. The van der Waals surface area contributed by atoms with Crippen LogP contribution in [-0.2, 0) is 4.74 Å². The van der Waals surface area contributed by atoms with Crippen molar-refractivity contribution in [3.8, 4) is 0 Å². The Kier molecular flexibility index (Phi) is 6.53. The van der Waals surface area contributed by atoms with Crippen molar-refractivity contribution in [2.75, 3.05) is 13.7 Å². The van der Waals surface area contributed by atoms with Crippen LogP contribution < -0.4 is 5.32 Å². The normalized spacial score (nSPS) is 13.5. The Morgan fingerprint density at radius 1 is 1.21 bits per heavy atom. The highest BCUT2D eigenvalue weighted by Gasteiger charge is 2.19. The molecule has 1 unspecified atom stereocenters. The fraction of sp³-hybridized carbons (Fsp3) is 0.647. The van der Waals surface area contributed by atoms with E-state index in [0.717, 1.165) is 25.8 Å². The highest BCUT2D eigenvalue weighted by atomic mass is 16.5. The van der Waals surface area contributed by atoms with E-state index in [1.165, 1.54) is 11.1 Å². The van der Waals surface area contributed by atoms with Crippen molar-refractivity contribution in [1.82, 2.24) is 5.32 Å². The molecule has 0 aliphatic rings. The number of aryl methyl sites for hydroxylation is 1. The maximum atomic E-state index is 5.52. The topological polar surface area (TPSA) is 21.3 Å². The summed E-state index contributed by atoms with van der Waals surface area (Å²) in [6.07, 6.45) is 3.32. The van der Waals surface area contributed by atoms with Crippen LogP contribution in [0.4, 0.5) is 0 Å². The number of nitrogens with one attached hydrogen (secondary N) is 1. The summed E-state index contributed by atoms with van der Waals surface area (Å²) in [6.45, 7) is 9.70. The van der Waals surface area contributed by atoms with Crippen molar-refractivity contribution in [3.63, 3.8) is 0 Å². The molecule has 0 amide bonds. The van der Waals surface area contributed by atoms with Crippen LogP contribution in [0.15, 0.2) is 24.3 Å². The summed E-state index contributed by atoms with van der Waals surface area (Å²) >= 11 is 0. The van der Waals surface area contributed by atoms with E-state index < -0.39 is 0 Å². The van der Waals surface area contributed by atoms with E-state index in [2.05, 4.69) is 57.3 Å². The minimum Gasteiger partial charge on any atom is -0.379 e. The molecule has 1 aromatic rings. The van der Waals surface area contributed by atoms with E-state index in [4.69, 9.17) is 4.74 Å². The van der Waals surface area contributed by atoms with E-state index in [1.807, 2.05) is 0 Å². The fourth-order valence-electron chi connectivity index (χ4n) is 2.10. The largest absolute Gasteiger partial charge is 0.379 e. The molecule has 0 heterocycles. The lowest BCUT2D eigenvalue weighted by atomic mass is 9.94. The van der Waals surface area contributed by atoms with Crippen LogP contribution in [0.3, 0.4) is 0 Å². The molecular weight excluding hydrogens is 234 g/mol.